The number of benzene rings is 2. The van der Waals surface area contributed by atoms with Crippen molar-refractivity contribution in [3.8, 4) is 20.9 Å². The van der Waals surface area contributed by atoms with Crippen molar-refractivity contribution in [2.45, 2.75) is 38.5 Å². The van der Waals surface area contributed by atoms with Crippen LogP contribution in [0.1, 0.15) is 60.8 Å². The number of fused-ring (bicyclic) bond motifs is 2. The van der Waals surface area contributed by atoms with Gasteiger partial charge in [0.2, 0.25) is 0 Å². The minimum atomic E-state index is 0.530. The van der Waals surface area contributed by atoms with Crippen LogP contribution in [0.15, 0.2) is 82.6 Å². The summed E-state index contributed by atoms with van der Waals surface area (Å²) in [6, 6.07) is 22.8. The summed E-state index contributed by atoms with van der Waals surface area (Å²) in [7, 11) is 0. The van der Waals surface area contributed by atoms with Gasteiger partial charge >= 0.3 is 0 Å². The molecule has 0 saturated heterocycles. The largest absolute Gasteiger partial charge is 0.144 e. The van der Waals surface area contributed by atoms with Crippen molar-refractivity contribution in [2.75, 3.05) is 0 Å². The monoisotopic (exact) mass is 450 g/mol. The quantitative estimate of drug-likeness (QED) is 0.284. The molecule has 4 aromatic rings. The lowest BCUT2D eigenvalue weighted by Crippen LogP contribution is -2.03. The van der Waals surface area contributed by atoms with Crippen molar-refractivity contribution >= 4 is 34.8 Å². The second-order valence-electron chi connectivity index (χ2n) is 9.10. The van der Waals surface area contributed by atoms with E-state index >= 15 is 0 Å². The molecular formula is C30H26S2. The van der Waals surface area contributed by atoms with E-state index in [2.05, 4.69) is 97.4 Å². The lowest BCUT2D eigenvalue weighted by atomic mass is 9.84. The Hall–Kier alpha value is -2.68. The van der Waals surface area contributed by atoms with Crippen LogP contribution in [0.25, 0.3) is 33.0 Å². The SMILES string of the molecule is CC1=Cc2ccc(-c3cccs3)cc2C1CCC1C(C)=Cc2ccc(-c3cccs3)cc21. The fourth-order valence-corrected chi connectivity index (χ4v) is 6.94. The Morgan fingerprint density at radius 3 is 1.50 bits per heavy atom. The van der Waals surface area contributed by atoms with Gasteiger partial charge in [0.05, 0.1) is 0 Å². The first-order valence-electron chi connectivity index (χ1n) is 11.4. The fraction of sp³-hybridized carbons (Fsp3) is 0.200. The summed E-state index contributed by atoms with van der Waals surface area (Å²) in [5.74, 6) is 1.06. The van der Waals surface area contributed by atoms with Crippen LogP contribution in [0.4, 0.5) is 0 Å². The number of rotatable bonds is 5. The summed E-state index contributed by atoms with van der Waals surface area (Å²) in [6.07, 6.45) is 7.19. The third kappa shape index (κ3) is 3.43. The predicted octanol–water partition coefficient (Wildman–Crippen LogP) is 9.62. The number of hydrogen-bond acceptors (Lipinski definition) is 2. The number of hydrogen-bond donors (Lipinski definition) is 0. The van der Waals surface area contributed by atoms with E-state index in [1.54, 1.807) is 0 Å². The van der Waals surface area contributed by atoms with Crippen LogP contribution in [-0.4, -0.2) is 0 Å². The maximum atomic E-state index is 2.44. The minimum Gasteiger partial charge on any atom is -0.144 e. The van der Waals surface area contributed by atoms with E-state index in [0.717, 1.165) is 0 Å². The van der Waals surface area contributed by atoms with Gasteiger partial charge in [-0.3, -0.25) is 0 Å². The maximum Gasteiger partial charge on any atom is 0.0342 e. The summed E-state index contributed by atoms with van der Waals surface area (Å²) in [4.78, 5) is 2.72. The molecule has 2 aliphatic rings. The summed E-state index contributed by atoms with van der Waals surface area (Å²) < 4.78 is 0. The Labute approximate surface area is 198 Å². The van der Waals surface area contributed by atoms with E-state index in [9.17, 15) is 0 Å². The van der Waals surface area contributed by atoms with Crippen molar-refractivity contribution in [1.29, 1.82) is 0 Å². The molecule has 0 amide bonds. The maximum absolute atomic E-state index is 2.44. The fourth-order valence-electron chi connectivity index (χ4n) is 5.49. The molecule has 2 unspecified atom stereocenters. The van der Waals surface area contributed by atoms with Gasteiger partial charge in [0.15, 0.2) is 0 Å². The number of allylic oxidation sites excluding steroid dienone is 2. The zero-order valence-electron chi connectivity index (χ0n) is 18.5. The van der Waals surface area contributed by atoms with Crippen molar-refractivity contribution in [3.63, 3.8) is 0 Å². The van der Waals surface area contributed by atoms with Crippen LogP contribution in [0.5, 0.6) is 0 Å². The van der Waals surface area contributed by atoms with Crippen molar-refractivity contribution in [3.05, 3.63) is 105 Å². The molecule has 32 heavy (non-hydrogen) atoms. The Kier molecular flexibility index (Phi) is 5.01. The normalized spacial score (nSPS) is 18.9. The van der Waals surface area contributed by atoms with Gasteiger partial charge in [-0.1, -0.05) is 59.7 Å². The first-order valence-corrected chi connectivity index (χ1v) is 13.2. The van der Waals surface area contributed by atoms with Crippen LogP contribution in [0, 0.1) is 0 Å². The van der Waals surface area contributed by atoms with Gasteiger partial charge in [-0.05, 0) is 95.1 Å². The molecule has 2 aromatic carbocycles. The highest BCUT2D eigenvalue weighted by Crippen LogP contribution is 2.46. The lowest BCUT2D eigenvalue weighted by Gasteiger charge is -2.20. The standard InChI is InChI=1S/C30H26S2/c1-19-15-21-7-9-23(29-5-3-13-31-29)17-27(21)25(19)11-12-26-20(2)16-22-8-10-24(18-28(22)26)30-6-4-14-32-30/h3-10,13-18,25-26H,11-12H2,1-2H3. The topological polar surface area (TPSA) is 0 Å². The molecule has 158 valence electrons. The van der Waals surface area contributed by atoms with Crippen molar-refractivity contribution in [1.82, 2.24) is 0 Å². The number of thiophene rings is 2. The molecule has 0 spiro atoms. The van der Waals surface area contributed by atoms with Gasteiger partial charge in [-0.15, -0.1) is 22.7 Å². The minimum absolute atomic E-state index is 0.530. The molecule has 2 heterocycles. The molecule has 0 saturated carbocycles. The average Bonchev–Trinajstić information content (AvgIpc) is 3.59. The van der Waals surface area contributed by atoms with Crippen molar-refractivity contribution in [2.24, 2.45) is 0 Å². The van der Waals surface area contributed by atoms with Gasteiger partial charge in [0.25, 0.3) is 0 Å². The highest BCUT2D eigenvalue weighted by Gasteiger charge is 2.28. The molecule has 2 aliphatic carbocycles. The third-order valence-electron chi connectivity index (χ3n) is 7.15. The van der Waals surface area contributed by atoms with Crippen molar-refractivity contribution < 1.29 is 0 Å². The molecule has 2 atom stereocenters. The molecule has 0 radical (unpaired) electrons. The van der Waals surface area contributed by atoms with Crippen LogP contribution in [0.2, 0.25) is 0 Å². The molecule has 6 rings (SSSR count). The smallest absolute Gasteiger partial charge is 0.0342 e. The molecule has 0 bridgehead atoms. The van der Waals surface area contributed by atoms with E-state index in [0.29, 0.717) is 11.8 Å². The molecular weight excluding hydrogens is 424 g/mol. The van der Waals surface area contributed by atoms with Gasteiger partial charge in [-0.25, -0.2) is 0 Å². The second-order valence-corrected chi connectivity index (χ2v) is 11.0. The Morgan fingerprint density at radius 2 is 1.09 bits per heavy atom. The molecule has 2 aromatic heterocycles. The molecule has 0 aliphatic heterocycles. The van der Waals surface area contributed by atoms with Gasteiger partial charge < -0.3 is 0 Å². The Bertz CT molecular complexity index is 1230. The zero-order chi connectivity index (χ0) is 21.7. The van der Waals surface area contributed by atoms with Crippen LogP contribution in [0.3, 0.4) is 0 Å². The highest BCUT2D eigenvalue weighted by atomic mass is 32.1. The summed E-state index contributed by atoms with van der Waals surface area (Å²) in [6.45, 7) is 4.63. The summed E-state index contributed by atoms with van der Waals surface area (Å²) in [5, 5.41) is 4.33. The van der Waals surface area contributed by atoms with E-state index in [1.807, 2.05) is 22.7 Å². The van der Waals surface area contributed by atoms with Gasteiger partial charge in [0.1, 0.15) is 0 Å². The van der Waals surface area contributed by atoms with E-state index in [1.165, 1.54) is 67.1 Å². The van der Waals surface area contributed by atoms with Gasteiger partial charge in [-0.2, -0.15) is 0 Å². The molecule has 2 heteroatoms. The lowest BCUT2D eigenvalue weighted by molar-refractivity contribution is 0.611. The Morgan fingerprint density at radius 1 is 0.625 bits per heavy atom. The van der Waals surface area contributed by atoms with Crippen LogP contribution in [-0.2, 0) is 0 Å². The third-order valence-corrected chi connectivity index (χ3v) is 8.98. The van der Waals surface area contributed by atoms with Gasteiger partial charge in [0, 0.05) is 21.6 Å². The first kappa shape index (κ1) is 20.0. The van der Waals surface area contributed by atoms with E-state index in [4.69, 9.17) is 0 Å². The second kappa shape index (κ2) is 8.03. The first-order chi connectivity index (χ1) is 15.7. The molecule has 0 nitrogen and oxygen atoms in total. The molecule has 0 fully saturated rings. The Balaban J connectivity index is 1.27. The van der Waals surface area contributed by atoms with Crippen LogP contribution < -0.4 is 0 Å². The molecule has 0 N–H and O–H groups in total. The summed E-state index contributed by atoms with van der Waals surface area (Å²) in [5.41, 5.74) is 11.6. The van der Waals surface area contributed by atoms with Crippen LogP contribution >= 0.6 is 22.7 Å². The summed E-state index contributed by atoms with van der Waals surface area (Å²) >= 11 is 3.65. The highest BCUT2D eigenvalue weighted by molar-refractivity contribution is 7.13. The van der Waals surface area contributed by atoms with E-state index < -0.39 is 0 Å². The average molecular weight is 451 g/mol. The zero-order valence-corrected chi connectivity index (χ0v) is 20.1. The van der Waals surface area contributed by atoms with E-state index in [-0.39, 0.29) is 0 Å². The predicted molar refractivity (Wildman–Crippen MR) is 142 cm³/mol.